The molecule has 0 bridgehead atoms. The number of aryl methyl sites for hydroxylation is 1. The Morgan fingerprint density at radius 1 is 0.896 bits per heavy atom. The quantitative estimate of drug-likeness (QED) is 0.0709. The summed E-state index contributed by atoms with van der Waals surface area (Å²) in [6.07, 6.45) is 10.9. The number of carbonyl (C=O) groups excluding carboxylic acids is 3. The Bertz CT molecular complexity index is 2690. The number of halogens is 1. The van der Waals surface area contributed by atoms with Gasteiger partial charge in [-0.3, -0.25) is 39.5 Å². The number of rotatable bonds is 14. The number of piperidine rings is 2. The number of fused-ring (bicyclic) bond motifs is 2. The third-order valence-corrected chi connectivity index (χ3v) is 14.9. The number of nitrogens with zero attached hydrogens (tertiary/aromatic N) is 9. The van der Waals surface area contributed by atoms with Gasteiger partial charge in [-0.2, -0.15) is 4.98 Å². The van der Waals surface area contributed by atoms with E-state index in [9.17, 15) is 14.4 Å². The van der Waals surface area contributed by atoms with E-state index in [4.69, 9.17) is 9.72 Å². The molecule has 2 aromatic heterocycles. The van der Waals surface area contributed by atoms with Crippen molar-refractivity contribution in [2.75, 3.05) is 97.4 Å². The number of anilines is 7. The van der Waals surface area contributed by atoms with Gasteiger partial charge in [0, 0.05) is 126 Å². The molecule has 7 heterocycles. The van der Waals surface area contributed by atoms with Crippen LogP contribution in [-0.2, 0) is 22.6 Å². The number of amides is 3. The first-order valence-electron chi connectivity index (χ1n) is 23.2. The molecule has 17 nitrogen and oxygen atoms in total. The lowest BCUT2D eigenvalue weighted by atomic mass is 9.92. The number of ether oxygens (including phenoxy) is 1. The zero-order valence-corrected chi connectivity index (χ0v) is 40.5. The van der Waals surface area contributed by atoms with Crippen molar-refractivity contribution in [1.82, 2.24) is 40.0 Å². The van der Waals surface area contributed by atoms with E-state index in [2.05, 4.69) is 96.3 Å². The molecule has 5 aromatic rings. The zero-order valence-electron chi connectivity index (χ0n) is 38.1. The van der Waals surface area contributed by atoms with Crippen molar-refractivity contribution in [3.63, 3.8) is 0 Å². The summed E-state index contributed by atoms with van der Waals surface area (Å²) in [4.78, 5) is 67.7. The third kappa shape index (κ3) is 9.30. The fraction of sp³-hybridized carbons (Fsp3) is 0.438. The second kappa shape index (κ2) is 19.5. The highest BCUT2D eigenvalue weighted by Gasteiger charge is 2.40. The van der Waals surface area contributed by atoms with E-state index in [0.717, 1.165) is 123 Å². The average molecular weight is 991 g/mol. The van der Waals surface area contributed by atoms with Crippen LogP contribution in [0, 0.1) is 5.92 Å². The van der Waals surface area contributed by atoms with Crippen molar-refractivity contribution in [1.29, 1.82) is 0 Å². The van der Waals surface area contributed by atoms with E-state index >= 15 is 0 Å². The molecular weight excluding hydrogens is 935 g/mol. The first-order valence-corrected chi connectivity index (χ1v) is 25.2. The van der Waals surface area contributed by atoms with Gasteiger partial charge in [-0.1, -0.05) is 18.9 Å². The number of hydrogen-bond acceptors (Lipinski definition) is 16. The summed E-state index contributed by atoms with van der Waals surface area (Å²) in [5.74, 6) is 1.69. The van der Waals surface area contributed by atoms with Gasteiger partial charge in [-0.15, -0.1) is 0 Å². The van der Waals surface area contributed by atoms with Crippen LogP contribution in [0.5, 0.6) is 5.75 Å². The maximum absolute atomic E-state index is 13.2. The fourth-order valence-electron chi connectivity index (χ4n) is 10.4. The first kappa shape index (κ1) is 45.0. The molecule has 5 aliphatic rings. The summed E-state index contributed by atoms with van der Waals surface area (Å²) < 4.78 is 10.0. The molecule has 67 heavy (non-hydrogen) atoms. The normalized spacial score (nSPS) is 19.7. The topological polar surface area (TPSA) is 176 Å². The van der Waals surface area contributed by atoms with Crippen LogP contribution in [0.1, 0.15) is 54.1 Å². The minimum atomic E-state index is -0.594. The molecular formula is C48H56BrN13O4S. The van der Waals surface area contributed by atoms with Gasteiger partial charge in [0.25, 0.3) is 5.91 Å². The zero-order chi connectivity index (χ0) is 46.2. The Morgan fingerprint density at radius 2 is 1.70 bits per heavy atom. The maximum Gasteiger partial charge on any atom is 0.255 e. The van der Waals surface area contributed by atoms with Crippen molar-refractivity contribution in [3.05, 3.63) is 82.2 Å². The maximum atomic E-state index is 13.2. The monoisotopic (exact) mass is 989 g/mol. The number of carbonyl (C=O) groups is 3. The summed E-state index contributed by atoms with van der Waals surface area (Å²) in [5, 5.41) is 9.30. The summed E-state index contributed by atoms with van der Waals surface area (Å²) in [7, 11) is 1.71. The summed E-state index contributed by atoms with van der Waals surface area (Å²) >= 11 is 5.12. The second-order valence-electron chi connectivity index (χ2n) is 18.0. The molecule has 3 amide bonds. The largest absolute Gasteiger partial charge is 0.494 e. The van der Waals surface area contributed by atoms with E-state index in [1.54, 1.807) is 30.6 Å². The van der Waals surface area contributed by atoms with Crippen LogP contribution in [0.3, 0.4) is 0 Å². The minimum Gasteiger partial charge on any atom is -0.494 e. The SMILES string of the molecule is CCc1cc(Nc2ncc(Br)c(Nc3ccc4nccnc4c3NSC)n2)c(OC)cc1N1CCC(N2CC(CN3CCN(c4ccc5c(c4)CN(C4CCC(=O)NC4=O)C5=O)CC3)C2)CC1. The van der Waals surface area contributed by atoms with Gasteiger partial charge in [0.15, 0.2) is 0 Å². The molecule has 4 N–H and O–H groups in total. The highest BCUT2D eigenvalue weighted by Crippen LogP contribution is 2.39. The molecule has 5 aliphatic heterocycles. The molecule has 0 spiro atoms. The van der Waals surface area contributed by atoms with Crippen LogP contribution in [0.4, 0.5) is 40.2 Å². The molecule has 10 rings (SSSR count). The lowest BCUT2D eigenvalue weighted by Crippen LogP contribution is -2.59. The average Bonchev–Trinajstić information content (AvgIpc) is 3.66. The van der Waals surface area contributed by atoms with E-state index < -0.39 is 6.04 Å². The lowest BCUT2D eigenvalue weighted by Gasteiger charge is -2.49. The van der Waals surface area contributed by atoms with Crippen molar-refractivity contribution in [3.8, 4) is 5.75 Å². The predicted octanol–water partition coefficient (Wildman–Crippen LogP) is 6.41. The number of imide groups is 1. The first-order chi connectivity index (χ1) is 32.7. The Hall–Kier alpha value is -5.76. The molecule has 1 unspecified atom stereocenters. The molecule has 0 saturated carbocycles. The van der Waals surface area contributed by atoms with Gasteiger partial charge in [0.1, 0.15) is 23.1 Å². The van der Waals surface area contributed by atoms with E-state index in [1.165, 1.54) is 23.2 Å². The van der Waals surface area contributed by atoms with E-state index in [0.29, 0.717) is 46.7 Å². The minimum absolute atomic E-state index is 0.127. The van der Waals surface area contributed by atoms with Crippen LogP contribution in [0.2, 0.25) is 0 Å². The Morgan fingerprint density at radius 3 is 2.46 bits per heavy atom. The number of likely N-dealkylation sites (tertiary alicyclic amines) is 1. The lowest BCUT2D eigenvalue weighted by molar-refractivity contribution is -0.136. The fourth-order valence-corrected chi connectivity index (χ4v) is 11.1. The number of methoxy groups -OCH3 is 1. The van der Waals surface area contributed by atoms with Gasteiger partial charge in [0.2, 0.25) is 17.8 Å². The molecule has 4 saturated heterocycles. The third-order valence-electron chi connectivity index (χ3n) is 13.9. The van der Waals surface area contributed by atoms with Crippen molar-refractivity contribution < 1.29 is 19.1 Å². The van der Waals surface area contributed by atoms with Crippen LogP contribution < -0.4 is 35.2 Å². The molecule has 350 valence electrons. The van der Waals surface area contributed by atoms with Crippen LogP contribution >= 0.6 is 27.9 Å². The van der Waals surface area contributed by atoms with Crippen molar-refractivity contribution in [2.45, 2.75) is 57.7 Å². The molecule has 19 heteroatoms. The van der Waals surface area contributed by atoms with E-state index in [1.807, 2.05) is 30.5 Å². The van der Waals surface area contributed by atoms with Crippen LogP contribution in [0.25, 0.3) is 11.0 Å². The van der Waals surface area contributed by atoms with Crippen molar-refractivity contribution in [2.24, 2.45) is 5.92 Å². The smallest absolute Gasteiger partial charge is 0.255 e. The molecule has 0 radical (unpaired) electrons. The highest BCUT2D eigenvalue weighted by molar-refractivity contribution is 9.10. The van der Waals surface area contributed by atoms with Crippen LogP contribution in [0.15, 0.2) is 65.5 Å². The molecule has 3 aromatic carbocycles. The van der Waals surface area contributed by atoms with Gasteiger partial charge >= 0.3 is 0 Å². The number of nitrogens with one attached hydrogen (secondary N) is 4. The Labute approximate surface area is 403 Å². The Balaban J connectivity index is 0.702. The summed E-state index contributed by atoms with van der Waals surface area (Å²) in [5.41, 5.74) is 9.21. The molecule has 0 aliphatic carbocycles. The highest BCUT2D eigenvalue weighted by atomic mass is 79.9. The predicted molar refractivity (Wildman–Crippen MR) is 267 cm³/mol. The second-order valence-corrected chi connectivity index (χ2v) is 19.4. The number of piperazine rings is 1. The van der Waals surface area contributed by atoms with E-state index in [-0.39, 0.29) is 24.1 Å². The molecule has 1 atom stereocenters. The standard InChI is InChI=1S/C48H56BrN13O4S/c1-4-30-22-38(54-48-52-24-35(49)45(56-48)53-37-8-7-36-43(44(37)57-67-3)51-14-13-50-36)41(66-2)23-40(30)60-15-11-32(12-16-60)61-26-29(27-61)25-58-17-19-59(20-18-58)33-5-6-34-31(21-33)28-62(47(34)65)39-9-10-42(63)55-46(39)64/h5-8,13-14,21-24,29,32,39,57H,4,9-12,15-20,25-28H2,1-3H3,(H,55,63,64)(H2,52,53,54,56). The number of aromatic nitrogens is 4. The summed E-state index contributed by atoms with van der Waals surface area (Å²) in [6.45, 7) is 12.0. The molecule has 4 fully saturated rings. The van der Waals surface area contributed by atoms with Gasteiger partial charge < -0.3 is 34.8 Å². The van der Waals surface area contributed by atoms with Crippen LogP contribution in [-0.4, -0.2) is 137 Å². The van der Waals surface area contributed by atoms with Gasteiger partial charge in [-0.05, 0) is 95.1 Å². The van der Waals surface area contributed by atoms with Crippen molar-refractivity contribution >= 4 is 96.8 Å². The van der Waals surface area contributed by atoms with Gasteiger partial charge in [-0.25, -0.2) is 4.98 Å². The summed E-state index contributed by atoms with van der Waals surface area (Å²) in [6, 6.07) is 14.3. The number of hydrogen-bond donors (Lipinski definition) is 4. The number of benzene rings is 3. The Kier molecular flexibility index (Phi) is 13.1. The van der Waals surface area contributed by atoms with Gasteiger partial charge in [0.05, 0.1) is 34.2 Å².